The number of rotatable bonds is 4. The van der Waals surface area contributed by atoms with Crippen LogP contribution in [0, 0.1) is 5.41 Å². The zero-order valence-corrected chi connectivity index (χ0v) is 13.7. The summed E-state index contributed by atoms with van der Waals surface area (Å²) in [4.78, 5) is 17.8. The Kier molecular flexibility index (Phi) is 4.20. The maximum absolute atomic E-state index is 6.13. The SMILES string of the molecule is CCC1(CC)CCN(c2nc(Cl)nc(N3CCCC3)n2)C1. The lowest BCUT2D eigenvalue weighted by Gasteiger charge is -2.26. The lowest BCUT2D eigenvalue weighted by atomic mass is 9.82. The van der Waals surface area contributed by atoms with Gasteiger partial charge in [-0.25, -0.2) is 0 Å². The van der Waals surface area contributed by atoms with Crippen molar-refractivity contribution in [2.24, 2.45) is 5.41 Å². The van der Waals surface area contributed by atoms with E-state index in [4.69, 9.17) is 11.6 Å². The molecule has 0 spiro atoms. The first-order valence-electron chi connectivity index (χ1n) is 8.07. The van der Waals surface area contributed by atoms with Crippen molar-refractivity contribution in [1.82, 2.24) is 15.0 Å². The summed E-state index contributed by atoms with van der Waals surface area (Å²) in [6.07, 6.45) is 6.03. The Balaban J connectivity index is 1.82. The van der Waals surface area contributed by atoms with Gasteiger partial charge in [-0.1, -0.05) is 13.8 Å². The fourth-order valence-electron chi connectivity index (χ4n) is 3.46. The standard InChI is InChI=1S/C15H24ClN5/c1-3-15(4-2)7-10-21(11-15)14-18-12(16)17-13(19-14)20-8-5-6-9-20/h3-11H2,1-2H3. The molecule has 0 radical (unpaired) electrons. The number of halogens is 1. The maximum atomic E-state index is 6.13. The van der Waals surface area contributed by atoms with Crippen LogP contribution in [-0.4, -0.2) is 41.1 Å². The molecule has 3 rings (SSSR count). The fourth-order valence-corrected chi connectivity index (χ4v) is 3.61. The number of hydrogen-bond acceptors (Lipinski definition) is 5. The summed E-state index contributed by atoms with van der Waals surface area (Å²) in [5.74, 6) is 1.49. The summed E-state index contributed by atoms with van der Waals surface area (Å²) >= 11 is 6.13. The Morgan fingerprint density at radius 3 is 2.14 bits per heavy atom. The van der Waals surface area contributed by atoms with Crippen LogP contribution in [0.5, 0.6) is 0 Å². The van der Waals surface area contributed by atoms with Gasteiger partial charge in [-0.3, -0.25) is 0 Å². The second-order valence-corrected chi connectivity index (χ2v) is 6.62. The number of aromatic nitrogens is 3. The van der Waals surface area contributed by atoms with Crippen molar-refractivity contribution in [2.75, 3.05) is 36.0 Å². The third kappa shape index (κ3) is 2.93. The average Bonchev–Trinajstić information content (AvgIpc) is 3.17. The Bertz CT molecular complexity index is 497. The average molecular weight is 310 g/mol. The molecule has 21 heavy (non-hydrogen) atoms. The molecule has 2 aliphatic heterocycles. The molecule has 0 unspecified atom stereocenters. The highest BCUT2D eigenvalue weighted by Crippen LogP contribution is 2.38. The highest BCUT2D eigenvalue weighted by atomic mass is 35.5. The summed E-state index contributed by atoms with van der Waals surface area (Å²) in [6.45, 7) is 8.65. The van der Waals surface area contributed by atoms with Crippen molar-refractivity contribution in [3.05, 3.63) is 5.28 Å². The molecule has 5 nitrogen and oxygen atoms in total. The van der Waals surface area contributed by atoms with Crippen LogP contribution < -0.4 is 9.80 Å². The molecule has 116 valence electrons. The van der Waals surface area contributed by atoms with Gasteiger partial charge in [0.1, 0.15) is 0 Å². The number of hydrogen-bond donors (Lipinski definition) is 0. The quantitative estimate of drug-likeness (QED) is 0.855. The van der Waals surface area contributed by atoms with Crippen LogP contribution in [0.15, 0.2) is 0 Å². The Hall–Kier alpha value is -1.10. The summed E-state index contributed by atoms with van der Waals surface area (Å²) in [7, 11) is 0. The van der Waals surface area contributed by atoms with Crippen LogP contribution in [0.1, 0.15) is 46.0 Å². The van der Waals surface area contributed by atoms with Gasteiger partial charge in [0.05, 0.1) is 0 Å². The molecule has 0 N–H and O–H groups in total. The first-order chi connectivity index (χ1) is 10.2. The van der Waals surface area contributed by atoms with Crippen molar-refractivity contribution in [1.29, 1.82) is 0 Å². The molecule has 6 heteroatoms. The van der Waals surface area contributed by atoms with Crippen LogP contribution in [0.2, 0.25) is 5.28 Å². The van der Waals surface area contributed by atoms with Gasteiger partial charge in [-0.15, -0.1) is 0 Å². The second-order valence-electron chi connectivity index (χ2n) is 6.28. The Morgan fingerprint density at radius 2 is 1.57 bits per heavy atom. The molecule has 0 atom stereocenters. The minimum Gasteiger partial charge on any atom is -0.341 e. The van der Waals surface area contributed by atoms with E-state index < -0.39 is 0 Å². The van der Waals surface area contributed by atoms with E-state index in [9.17, 15) is 0 Å². The van der Waals surface area contributed by atoms with E-state index in [1.807, 2.05) is 0 Å². The van der Waals surface area contributed by atoms with Gasteiger partial charge in [0, 0.05) is 26.2 Å². The third-order valence-electron chi connectivity index (χ3n) is 5.19. The minimum atomic E-state index is 0.312. The molecule has 1 aromatic heterocycles. The van der Waals surface area contributed by atoms with Crippen molar-refractivity contribution >= 4 is 23.5 Å². The molecule has 0 saturated carbocycles. The number of anilines is 2. The Morgan fingerprint density at radius 1 is 0.952 bits per heavy atom. The van der Waals surface area contributed by atoms with Crippen molar-refractivity contribution in [3.63, 3.8) is 0 Å². The highest BCUT2D eigenvalue weighted by Gasteiger charge is 2.36. The molecule has 2 fully saturated rings. The van der Waals surface area contributed by atoms with E-state index in [1.165, 1.54) is 32.1 Å². The van der Waals surface area contributed by atoms with Crippen molar-refractivity contribution in [2.45, 2.75) is 46.0 Å². The van der Waals surface area contributed by atoms with E-state index in [0.29, 0.717) is 10.7 Å². The van der Waals surface area contributed by atoms with E-state index in [2.05, 4.69) is 38.6 Å². The minimum absolute atomic E-state index is 0.312. The van der Waals surface area contributed by atoms with Gasteiger partial charge < -0.3 is 9.80 Å². The third-order valence-corrected chi connectivity index (χ3v) is 5.36. The maximum Gasteiger partial charge on any atom is 0.231 e. The van der Waals surface area contributed by atoms with E-state index in [1.54, 1.807) is 0 Å². The zero-order valence-electron chi connectivity index (χ0n) is 13.0. The van der Waals surface area contributed by atoms with Gasteiger partial charge in [-0.2, -0.15) is 15.0 Å². The summed E-state index contributed by atoms with van der Waals surface area (Å²) in [5.41, 5.74) is 0.410. The molecule has 0 aromatic carbocycles. The molecule has 3 heterocycles. The summed E-state index contributed by atoms with van der Waals surface area (Å²) in [6, 6.07) is 0. The van der Waals surface area contributed by atoms with Gasteiger partial charge in [0.2, 0.25) is 17.2 Å². The predicted molar refractivity (Wildman–Crippen MR) is 86.1 cm³/mol. The van der Waals surface area contributed by atoms with Crippen LogP contribution in [0.3, 0.4) is 0 Å². The topological polar surface area (TPSA) is 45.2 Å². The van der Waals surface area contributed by atoms with Gasteiger partial charge in [0.25, 0.3) is 0 Å². The normalized spacial score (nSPS) is 21.3. The monoisotopic (exact) mass is 309 g/mol. The second kappa shape index (κ2) is 5.95. The van der Waals surface area contributed by atoms with Crippen LogP contribution in [0.4, 0.5) is 11.9 Å². The smallest absolute Gasteiger partial charge is 0.231 e. The predicted octanol–water partition coefficient (Wildman–Crippen LogP) is 3.14. The molecule has 0 bridgehead atoms. The lowest BCUT2D eigenvalue weighted by Crippen LogP contribution is -2.29. The highest BCUT2D eigenvalue weighted by molar-refractivity contribution is 6.28. The van der Waals surface area contributed by atoms with Crippen molar-refractivity contribution in [3.8, 4) is 0 Å². The molecule has 0 amide bonds. The largest absolute Gasteiger partial charge is 0.341 e. The molecular weight excluding hydrogens is 286 g/mol. The van der Waals surface area contributed by atoms with Gasteiger partial charge >= 0.3 is 0 Å². The van der Waals surface area contributed by atoms with Crippen LogP contribution >= 0.6 is 11.6 Å². The molecule has 0 aliphatic carbocycles. The molecule has 2 aliphatic rings. The summed E-state index contributed by atoms with van der Waals surface area (Å²) in [5, 5.41) is 0.312. The van der Waals surface area contributed by atoms with E-state index in [-0.39, 0.29) is 0 Å². The number of nitrogens with zero attached hydrogens (tertiary/aromatic N) is 5. The first-order valence-corrected chi connectivity index (χ1v) is 8.45. The van der Waals surface area contributed by atoms with Crippen molar-refractivity contribution < 1.29 is 0 Å². The Labute approximate surface area is 131 Å². The van der Waals surface area contributed by atoms with Crippen LogP contribution in [0.25, 0.3) is 0 Å². The van der Waals surface area contributed by atoms with Crippen LogP contribution in [-0.2, 0) is 0 Å². The fraction of sp³-hybridized carbons (Fsp3) is 0.800. The molecule has 1 aromatic rings. The molecule has 2 saturated heterocycles. The zero-order chi connectivity index (χ0) is 14.9. The van der Waals surface area contributed by atoms with Gasteiger partial charge in [-0.05, 0) is 49.1 Å². The summed E-state index contributed by atoms with van der Waals surface area (Å²) < 4.78 is 0. The van der Waals surface area contributed by atoms with Gasteiger partial charge in [0.15, 0.2) is 0 Å². The van der Waals surface area contributed by atoms with E-state index in [0.717, 1.165) is 38.1 Å². The lowest BCUT2D eigenvalue weighted by molar-refractivity contribution is 0.301. The first kappa shape index (κ1) is 14.8. The van der Waals surface area contributed by atoms with E-state index >= 15 is 0 Å². The molecular formula is C15H24ClN5.